The van der Waals surface area contributed by atoms with E-state index >= 15 is 0 Å². The van der Waals surface area contributed by atoms with Gasteiger partial charge in [0.2, 0.25) is 12.7 Å². The SMILES string of the molecule is O=C(COc1cccc2cccnc12)N/N=C1/SCC(=O)N1Cc1ccc2c(c1)OCO2. The van der Waals surface area contributed by atoms with Gasteiger partial charge in [-0.25, -0.2) is 5.43 Å². The number of aromatic nitrogens is 1. The fourth-order valence-electron chi connectivity index (χ4n) is 3.34. The lowest BCUT2D eigenvalue weighted by Crippen LogP contribution is -2.32. The average molecular weight is 450 g/mol. The quantitative estimate of drug-likeness (QED) is 0.576. The van der Waals surface area contributed by atoms with Gasteiger partial charge < -0.3 is 14.2 Å². The van der Waals surface area contributed by atoms with Crippen LogP contribution < -0.4 is 19.6 Å². The molecule has 2 aliphatic heterocycles. The van der Waals surface area contributed by atoms with Crippen LogP contribution in [0.4, 0.5) is 0 Å². The Morgan fingerprint density at radius 3 is 3.00 bits per heavy atom. The van der Waals surface area contributed by atoms with Crippen LogP contribution >= 0.6 is 11.8 Å². The van der Waals surface area contributed by atoms with Crippen LogP contribution in [0.3, 0.4) is 0 Å². The standard InChI is InChI=1S/C22H18N4O5S/c27-19(11-29-17-5-1-3-15-4-2-8-23-21(15)17)24-25-22-26(20(28)12-32-22)10-14-6-7-16-18(9-14)31-13-30-16/h1-9H,10-13H2,(H,24,27)/b25-22+. The van der Waals surface area contributed by atoms with Gasteiger partial charge >= 0.3 is 0 Å². The topological polar surface area (TPSA) is 102 Å². The third kappa shape index (κ3) is 4.17. The van der Waals surface area contributed by atoms with Crippen molar-refractivity contribution in [1.82, 2.24) is 15.3 Å². The van der Waals surface area contributed by atoms with E-state index in [1.165, 1.54) is 16.7 Å². The summed E-state index contributed by atoms with van der Waals surface area (Å²) in [6.45, 7) is 0.273. The number of fused-ring (bicyclic) bond motifs is 2. The van der Waals surface area contributed by atoms with Crippen LogP contribution in [-0.2, 0) is 16.1 Å². The van der Waals surface area contributed by atoms with E-state index in [1.807, 2.05) is 42.5 Å². The van der Waals surface area contributed by atoms with Gasteiger partial charge in [0.25, 0.3) is 5.91 Å². The maximum absolute atomic E-state index is 12.3. The molecular weight excluding hydrogens is 432 g/mol. The Balaban J connectivity index is 1.22. The molecule has 0 radical (unpaired) electrons. The van der Waals surface area contributed by atoms with Crippen LogP contribution in [0.2, 0.25) is 0 Å². The summed E-state index contributed by atoms with van der Waals surface area (Å²) in [5.74, 6) is 1.58. The van der Waals surface area contributed by atoms with Crippen molar-refractivity contribution in [1.29, 1.82) is 0 Å². The molecule has 162 valence electrons. The van der Waals surface area contributed by atoms with Crippen LogP contribution in [0.5, 0.6) is 17.2 Å². The number of hydrogen-bond acceptors (Lipinski definition) is 8. The zero-order valence-corrected chi connectivity index (χ0v) is 17.6. The summed E-state index contributed by atoms with van der Waals surface area (Å²) < 4.78 is 16.3. The second-order valence-corrected chi connectivity index (χ2v) is 7.95. The predicted molar refractivity (Wildman–Crippen MR) is 118 cm³/mol. The molecule has 1 aromatic heterocycles. The van der Waals surface area contributed by atoms with Gasteiger partial charge in [0.05, 0.1) is 12.3 Å². The summed E-state index contributed by atoms with van der Waals surface area (Å²) in [6.07, 6.45) is 1.67. The number of nitrogens with one attached hydrogen (secondary N) is 1. The van der Waals surface area contributed by atoms with Crippen molar-refractivity contribution >= 4 is 39.6 Å². The van der Waals surface area contributed by atoms with Gasteiger partial charge in [-0.1, -0.05) is 36.0 Å². The van der Waals surface area contributed by atoms with E-state index in [4.69, 9.17) is 14.2 Å². The molecule has 1 N–H and O–H groups in total. The number of thioether (sulfide) groups is 1. The fourth-order valence-corrected chi connectivity index (χ4v) is 4.18. The first-order chi connectivity index (χ1) is 15.7. The molecule has 5 rings (SSSR count). The van der Waals surface area contributed by atoms with Crippen molar-refractivity contribution in [3.63, 3.8) is 0 Å². The Kier molecular flexibility index (Phi) is 5.51. The summed E-state index contributed by atoms with van der Waals surface area (Å²) in [5, 5.41) is 5.48. The van der Waals surface area contributed by atoms with Crippen LogP contribution in [0.25, 0.3) is 10.9 Å². The largest absolute Gasteiger partial charge is 0.481 e. The zero-order chi connectivity index (χ0) is 21.9. The molecule has 0 saturated carbocycles. The number of benzene rings is 2. The van der Waals surface area contributed by atoms with E-state index < -0.39 is 5.91 Å². The summed E-state index contributed by atoms with van der Waals surface area (Å²) in [7, 11) is 0. The van der Waals surface area contributed by atoms with Gasteiger partial charge in [-0.15, -0.1) is 5.10 Å². The maximum Gasteiger partial charge on any atom is 0.278 e. The van der Waals surface area contributed by atoms with Gasteiger partial charge in [0, 0.05) is 11.6 Å². The number of carbonyl (C=O) groups is 2. The first-order valence-electron chi connectivity index (χ1n) is 9.82. The second kappa shape index (κ2) is 8.75. The van der Waals surface area contributed by atoms with Crippen LogP contribution in [0, 0.1) is 0 Å². The Morgan fingerprint density at radius 2 is 2.06 bits per heavy atom. The highest BCUT2D eigenvalue weighted by molar-refractivity contribution is 8.15. The van der Waals surface area contributed by atoms with Crippen LogP contribution in [-0.4, -0.2) is 46.0 Å². The smallest absolute Gasteiger partial charge is 0.278 e. The molecule has 2 aromatic carbocycles. The van der Waals surface area contributed by atoms with Gasteiger partial charge in [0.15, 0.2) is 23.3 Å². The second-order valence-electron chi connectivity index (χ2n) is 7.01. The normalized spacial score (nSPS) is 16.1. The third-order valence-corrected chi connectivity index (χ3v) is 5.83. The molecule has 32 heavy (non-hydrogen) atoms. The molecule has 0 spiro atoms. The van der Waals surface area contributed by atoms with Gasteiger partial charge in [0.1, 0.15) is 11.3 Å². The number of carbonyl (C=O) groups excluding carboxylic acids is 2. The van der Waals surface area contributed by atoms with Crippen molar-refractivity contribution in [2.75, 3.05) is 19.2 Å². The Hall–Kier alpha value is -3.79. The number of nitrogens with zero attached hydrogens (tertiary/aromatic N) is 3. The average Bonchev–Trinajstić information content (AvgIpc) is 3.42. The monoisotopic (exact) mass is 450 g/mol. The number of pyridine rings is 1. The minimum absolute atomic E-state index is 0.0845. The van der Waals surface area contributed by atoms with Crippen LogP contribution in [0.1, 0.15) is 5.56 Å². The van der Waals surface area contributed by atoms with E-state index in [0.29, 0.717) is 34.5 Å². The molecular formula is C22H18N4O5S. The predicted octanol–water partition coefficient (Wildman–Crippen LogP) is 2.51. The summed E-state index contributed by atoms with van der Waals surface area (Å²) in [6, 6.07) is 14.8. The van der Waals surface area contributed by atoms with Crippen molar-refractivity contribution in [3.05, 3.63) is 60.3 Å². The lowest BCUT2D eigenvalue weighted by atomic mass is 10.2. The molecule has 9 nitrogen and oxygen atoms in total. The molecule has 0 bridgehead atoms. The highest BCUT2D eigenvalue weighted by atomic mass is 32.2. The lowest BCUT2D eigenvalue weighted by molar-refractivity contribution is -0.125. The van der Waals surface area contributed by atoms with E-state index in [1.54, 1.807) is 12.3 Å². The highest BCUT2D eigenvalue weighted by Gasteiger charge is 2.29. The molecule has 3 heterocycles. The Bertz CT molecular complexity index is 1230. The molecule has 1 saturated heterocycles. The number of rotatable bonds is 6. The van der Waals surface area contributed by atoms with Crippen molar-refractivity contribution in [3.8, 4) is 17.2 Å². The highest BCUT2D eigenvalue weighted by Crippen LogP contribution is 2.33. The Labute approximate surface area is 187 Å². The van der Waals surface area contributed by atoms with Crippen LogP contribution in [0.15, 0.2) is 59.8 Å². The maximum atomic E-state index is 12.3. The molecule has 0 aliphatic carbocycles. The van der Waals surface area contributed by atoms with Gasteiger partial charge in [-0.05, 0) is 29.8 Å². The lowest BCUT2D eigenvalue weighted by Gasteiger charge is -2.16. The molecule has 0 unspecified atom stereocenters. The molecule has 2 amide bonds. The molecule has 2 aliphatic rings. The van der Waals surface area contributed by atoms with Gasteiger partial charge in [-0.3, -0.25) is 19.5 Å². The fraction of sp³-hybridized carbons (Fsp3) is 0.182. The van der Waals surface area contributed by atoms with Crippen molar-refractivity contribution in [2.45, 2.75) is 6.54 Å². The zero-order valence-electron chi connectivity index (χ0n) is 16.8. The van der Waals surface area contributed by atoms with E-state index in [-0.39, 0.29) is 25.1 Å². The van der Waals surface area contributed by atoms with Crippen molar-refractivity contribution in [2.24, 2.45) is 5.10 Å². The number of hydrazone groups is 1. The third-order valence-electron chi connectivity index (χ3n) is 4.87. The number of para-hydroxylation sites is 1. The van der Waals surface area contributed by atoms with Gasteiger partial charge in [-0.2, -0.15) is 0 Å². The minimum atomic E-state index is -0.437. The number of ether oxygens (including phenoxy) is 3. The van der Waals surface area contributed by atoms with E-state index in [0.717, 1.165) is 10.9 Å². The first-order valence-corrected chi connectivity index (χ1v) is 10.8. The summed E-state index contributed by atoms with van der Waals surface area (Å²) >= 11 is 1.27. The molecule has 1 fully saturated rings. The first kappa shape index (κ1) is 20.1. The molecule has 10 heteroatoms. The number of amides is 2. The molecule has 3 aromatic rings. The Morgan fingerprint density at radius 1 is 1.19 bits per heavy atom. The summed E-state index contributed by atoms with van der Waals surface area (Å²) in [5.41, 5.74) is 4.02. The molecule has 0 atom stereocenters. The van der Waals surface area contributed by atoms with E-state index in [2.05, 4.69) is 15.5 Å². The van der Waals surface area contributed by atoms with Crippen molar-refractivity contribution < 1.29 is 23.8 Å². The number of hydrogen-bond donors (Lipinski definition) is 1. The summed E-state index contributed by atoms with van der Waals surface area (Å²) in [4.78, 5) is 30.4. The minimum Gasteiger partial charge on any atom is -0.481 e. The van der Waals surface area contributed by atoms with E-state index in [9.17, 15) is 9.59 Å². The number of amidine groups is 1.